The molecule has 0 saturated carbocycles. The van der Waals surface area contributed by atoms with Crippen molar-refractivity contribution >= 4 is 36.5 Å². The molecule has 1 aromatic rings. The van der Waals surface area contributed by atoms with Crippen molar-refractivity contribution in [1.82, 2.24) is 15.3 Å². The molecule has 8 nitrogen and oxygen atoms in total. The first-order chi connectivity index (χ1) is 11.6. The van der Waals surface area contributed by atoms with Crippen molar-refractivity contribution in [3.8, 4) is 0 Å². The summed E-state index contributed by atoms with van der Waals surface area (Å²) in [6, 6.07) is 0. The molecule has 4 N–H and O–H groups in total. The highest BCUT2D eigenvalue weighted by Crippen LogP contribution is 2.21. The number of anilines is 1. The van der Waals surface area contributed by atoms with Crippen LogP contribution < -0.4 is 16.4 Å². The number of nitrogens with zero attached hydrogens (tertiary/aromatic N) is 2. The van der Waals surface area contributed by atoms with E-state index >= 15 is 0 Å². The molecule has 1 aromatic heterocycles. The smallest absolute Gasteiger partial charge is 0.270 e. The Morgan fingerprint density at radius 3 is 2.83 bits per heavy atom. The Morgan fingerprint density at radius 2 is 2.12 bits per heavy atom. The summed E-state index contributed by atoms with van der Waals surface area (Å²) in [6.45, 7) is 0.205. The van der Waals surface area contributed by atoms with Crippen LogP contribution in [0.25, 0.3) is 0 Å². The fourth-order valence-electron chi connectivity index (χ4n) is 1.91. The minimum absolute atomic E-state index is 0.125. The predicted octanol–water partition coefficient (Wildman–Crippen LogP) is 0.235. The summed E-state index contributed by atoms with van der Waals surface area (Å²) < 4.78 is 0. The van der Waals surface area contributed by atoms with E-state index in [0.717, 1.165) is 0 Å². The van der Waals surface area contributed by atoms with E-state index in [-0.39, 0.29) is 24.1 Å². The van der Waals surface area contributed by atoms with Crippen LogP contribution in [0.15, 0.2) is 29.5 Å². The molecule has 0 bridgehead atoms. The van der Waals surface area contributed by atoms with E-state index in [9.17, 15) is 14.4 Å². The van der Waals surface area contributed by atoms with E-state index in [1.807, 2.05) is 0 Å². The maximum atomic E-state index is 12.2. The Morgan fingerprint density at radius 1 is 1.38 bits per heavy atom. The Kier molecular flexibility index (Phi) is 8.37. The highest BCUT2D eigenvalue weighted by molar-refractivity contribution is 7.84. The number of allylic oxidation sites excluding steroid dienone is 3. The summed E-state index contributed by atoms with van der Waals surface area (Å²) in [5, 5.41) is 5.29. The van der Waals surface area contributed by atoms with Crippen LogP contribution in [0.5, 0.6) is 0 Å². The lowest BCUT2D eigenvalue weighted by molar-refractivity contribution is -0.116. The number of nitrogens with one attached hydrogen (secondary N) is 2. The minimum Gasteiger partial charge on any atom is -0.346 e. The number of hydrogen-bond acceptors (Lipinski definition) is 7. The van der Waals surface area contributed by atoms with Crippen LogP contribution in [-0.4, -0.2) is 41.7 Å². The quantitative estimate of drug-likeness (QED) is 0.261. The molecule has 0 atom stereocenters. The summed E-state index contributed by atoms with van der Waals surface area (Å²) >= 11 is 4.19. The summed E-state index contributed by atoms with van der Waals surface area (Å²) in [5.41, 5.74) is 5.37. The van der Waals surface area contributed by atoms with E-state index in [1.165, 1.54) is 25.5 Å². The van der Waals surface area contributed by atoms with Crippen molar-refractivity contribution in [3.05, 3.63) is 40.7 Å². The molecule has 0 fully saturated rings. The molecular formula is C15H19N5O3S. The highest BCUT2D eigenvalue weighted by atomic mass is 32.1. The normalized spacial score (nSPS) is 13.5. The monoisotopic (exact) mass is 349 g/mol. The van der Waals surface area contributed by atoms with Crippen molar-refractivity contribution in [2.45, 2.75) is 12.8 Å². The molecule has 0 unspecified atom stereocenters. The first-order valence-electron chi connectivity index (χ1n) is 7.11. The molecule has 9 heteroatoms. The van der Waals surface area contributed by atoms with Crippen LogP contribution in [0, 0.1) is 0 Å². The van der Waals surface area contributed by atoms with Crippen LogP contribution in [0.4, 0.5) is 5.82 Å². The van der Waals surface area contributed by atoms with Gasteiger partial charge in [-0.25, -0.2) is 9.97 Å². The molecule has 2 amide bonds. The number of hydrogen-bond donors (Lipinski definition) is 4. The van der Waals surface area contributed by atoms with Gasteiger partial charge in [0.1, 0.15) is 24.1 Å². The van der Waals surface area contributed by atoms with E-state index in [1.54, 1.807) is 6.08 Å². The van der Waals surface area contributed by atoms with E-state index in [0.29, 0.717) is 35.4 Å². The Labute approximate surface area is 145 Å². The number of fused-ring (bicyclic) bond motifs is 1. The van der Waals surface area contributed by atoms with Crippen LogP contribution in [0.1, 0.15) is 22.5 Å². The van der Waals surface area contributed by atoms with Gasteiger partial charge in [-0.15, -0.1) is 12.6 Å². The Bertz CT molecular complexity index is 673. The van der Waals surface area contributed by atoms with Gasteiger partial charge in [0, 0.05) is 23.4 Å². The van der Waals surface area contributed by atoms with E-state index < -0.39 is 0 Å². The molecule has 1 aliphatic heterocycles. The van der Waals surface area contributed by atoms with Gasteiger partial charge in [-0.05, 0) is 19.5 Å². The summed E-state index contributed by atoms with van der Waals surface area (Å²) in [7, 11) is 1.50. The molecule has 0 aromatic carbocycles. The maximum absolute atomic E-state index is 12.2. The molecule has 128 valence electrons. The average Bonchev–Trinajstić information content (AvgIpc) is 2.61. The second-order valence-corrected chi connectivity index (χ2v) is 5.03. The zero-order chi connectivity index (χ0) is 17.9. The molecule has 1 aliphatic rings. The van der Waals surface area contributed by atoms with Crippen molar-refractivity contribution in [3.63, 3.8) is 0 Å². The number of carbonyl (C=O) groups is 3. The third-order valence-corrected chi connectivity index (χ3v) is 3.24. The third-order valence-electron chi connectivity index (χ3n) is 2.93. The summed E-state index contributed by atoms with van der Waals surface area (Å²) in [4.78, 5) is 42.2. The Hall–Kier alpha value is -2.52. The number of aromatic nitrogens is 2. The van der Waals surface area contributed by atoms with Gasteiger partial charge in [-0.3, -0.25) is 14.4 Å². The van der Waals surface area contributed by atoms with E-state index in [4.69, 9.17) is 0 Å². The minimum atomic E-state index is -0.367. The number of nitrogens with two attached hydrogens (primary N) is 1. The molecule has 24 heavy (non-hydrogen) atoms. The van der Waals surface area contributed by atoms with Gasteiger partial charge in [0.2, 0.25) is 5.91 Å². The standard InChI is InChI=1S/C14H14N4O3S.CH5N/c19-6-2-1-3-9(22)7-15-14(21)12-10-4-5-11(20)18-13(10)17-8-16-12;1-2/h1-3,6,8,22H,4-5,7H2,(H,15,21)(H,16,17,18,20);2H2,1H3/b2-1+,9-3-;. The lowest BCUT2D eigenvalue weighted by Gasteiger charge is -2.17. The average molecular weight is 349 g/mol. The fourth-order valence-corrected chi connectivity index (χ4v) is 2.08. The number of carbonyl (C=O) groups excluding carboxylic acids is 3. The molecule has 0 aliphatic carbocycles. The van der Waals surface area contributed by atoms with Gasteiger partial charge < -0.3 is 16.4 Å². The molecule has 0 radical (unpaired) electrons. The highest BCUT2D eigenvalue weighted by Gasteiger charge is 2.23. The van der Waals surface area contributed by atoms with Gasteiger partial charge >= 0.3 is 0 Å². The fraction of sp³-hybridized carbons (Fsp3) is 0.267. The van der Waals surface area contributed by atoms with Gasteiger partial charge in [-0.1, -0.05) is 12.2 Å². The molecular weight excluding hydrogens is 330 g/mol. The van der Waals surface area contributed by atoms with Crippen molar-refractivity contribution in [2.75, 3.05) is 18.9 Å². The van der Waals surface area contributed by atoms with E-state index in [2.05, 4.69) is 39.0 Å². The zero-order valence-electron chi connectivity index (χ0n) is 13.2. The molecule has 0 spiro atoms. The lowest BCUT2D eigenvalue weighted by atomic mass is 10.0. The largest absolute Gasteiger partial charge is 0.346 e. The molecule has 2 rings (SSSR count). The van der Waals surface area contributed by atoms with Crippen molar-refractivity contribution in [2.24, 2.45) is 5.73 Å². The van der Waals surface area contributed by atoms with Crippen LogP contribution in [-0.2, 0) is 16.0 Å². The number of amides is 2. The first-order valence-corrected chi connectivity index (χ1v) is 7.56. The Balaban J connectivity index is 0.00000139. The second kappa shape index (κ2) is 10.3. The topological polar surface area (TPSA) is 127 Å². The zero-order valence-corrected chi connectivity index (χ0v) is 14.0. The number of aldehydes is 1. The van der Waals surface area contributed by atoms with Gasteiger partial charge in [0.05, 0.1) is 0 Å². The van der Waals surface area contributed by atoms with Gasteiger partial charge in [-0.2, -0.15) is 0 Å². The van der Waals surface area contributed by atoms with Crippen LogP contribution >= 0.6 is 12.6 Å². The third kappa shape index (κ3) is 5.60. The molecule has 0 saturated heterocycles. The summed E-state index contributed by atoms with van der Waals surface area (Å²) in [5.74, 6) is -0.110. The predicted molar refractivity (Wildman–Crippen MR) is 93.7 cm³/mol. The first kappa shape index (κ1) is 19.5. The van der Waals surface area contributed by atoms with Gasteiger partial charge in [0.25, 0.3) is 5.91 Å². The molecule has 2 heterocycles. The SMILES string of the molecule is CN.O=C/C=C/C=C(\S)CNC(=O)c1ncnc2c1CCC(=O)N2. The lowest BCUT2D eigenvalue weighted by Crippen LogP contribution is -2.29. The second-order valence-electron chi connectivity index (χ2n) is 4.46. The van der Waals surface area contributed by atoms with Crippen molar-refractivity contribution in [1.29, 1.82) is 0 Å². The van der Waals surface area contributed by atoms with Crippen LogP contribution in [0.2, 0.25) is 0 Å². The number of rotatable bonds is 5. The van der Waals surface area contributed by atoms with Crippen LogP contribution in [0.3, 0.4) is 0 Å². The number of thiol groups is 1. The van der Waals surface area contributed by atoms with Crippen molar-refractivity contribution < 1.29 is 14.4 Å². The summed E-state index contributed by atoms with van der Waals surface area (Å²) in [6.07, 6.45) is 7.07. The maximum Gasteiger partial charge on any atom is 0.270 e. The van der Waals surface area contributed by atoms with Gasteiger partial charge in [0.15, 0.2) is 0 Å².